The van der Waals surface area contributed by atoms with Crippen LogP contribution in [0.2, 0.25) is 0 Å². The second-order valence-corrected chi connectivity index (χ2v) is 3.88. The Kier molecular flexibility index (Phi) is 4.57. The van der Waals surface area contributed by atoms with Crippen LogP contribution in [0.4, 0.5) is 8.78 Å². The van der Waals surface area contributed by atoms with Crippen molar-refractivity contribution in [2.45, 2.75) is 13.0 Å². The van der Waals surface area contributed by atoms with Gasteiger partial charge < -0.3 is 10.2 Å². The lowest BCUT2D eigenvalue weighted by Gasteiger charge is -2.25. The van der Waals surface area contributed by atoms with Crippen LogP contribution in [0.5, 0.6) is 0 Å². The van der Waals surface area contributed by atoms with E-state index in [9.17, 15) is 13.6 Å². The third-order valence-electron chi connectivity index (χ3n) is 2.71. The lowest BCUT2D eigenvalue weighted by Crippen LogP contribution is -2.36. The molecule has 0 radical (unpaired) electrons. The molecule has 1 aromatic rings. The van der Waals surface area contributed by atoms with Crippen molar-refractivity contribution in [2.75, 3.05) is 20.6 Å². The molecule has 0 aliphatic heterocycles. The summed E-state index contributed by atoms with van der Waals surface area (Å²) in [5.74, 6) is -1.20. The Bertz CT molecular complexity index is 409. The van der Waals surface area contributed by atoms with Gasteiger partial charge in [-0.15, -0.1) is 0 Å². The van der Waals surface area contributed by atoms with E-state index in [0.717, 1.165) is 18.2 Å². The van der Waals surface area contributed by atoms with E-state index in [1.54, 1.807) is 21.0 Å². The normalized spacial score (nSPS) is 12.3. The Morgan fingerprint density at radius 2 is 2.12 bits per heavy atom. The van der Waals surface area contributed by atoms with Crippen molar-refractivity contribution in [3.63, 3.8) is 0 Å². The molecule has 3 nitrogen and oxygen atoms in total. The third kappa shape index (κ3) is 3.23. The first-order chi connectivity index (χ1) is 7.97. The highest BCUT2D eigenvalue weighted by Crippen LogP contribution is 2.22. The lowest BCUT2D eigenvalue weighted by molar-refractivity contribution is -0.130. The fourth-order valence-electron chi connectivity index (χ4n) is 1.54. The predicted octanol–water partition coefficient (Wildman–Crippen LogP) is 1.70. The molecule has 0 aromatic heterocycles. The van der Waals surface area contributed by atoms with E-state index < -0.39 is 17.7 Å². The number of benzene rings is 1. The van der Waals surface area contributed by atoms with Gasteiger partial charge in [-0.3, -0.25) is 4.79 Å². The minimum absolute atomic E-state index is 0.164. The number of carbonyl (C=O) groups excluding carboxylic acids is 1. The first kappa shape index (κ1) is 13.6. The number of nitrogens with one attached hydrogen (secondary N) is 1. The average molecular weight is 242 g/mol. The van der Waals surface area contributed by atoms with Gasteiger partial charge in [0.25, 0.3) is 0 Å². The van der Waals surface area contributed by atoms with Crippen LogP contribution in [0.3, 0.4) is 0 Å². The highest BCUT2D eigenvalue weighted by atomic mass is 19.1. The highest BCUT2D eigenvalue weighted by Gasteiger charge is 2.20. The minimum atomic E-state index is -0.511. The molecule has 0 saturated heterocycles. The van der Waals surface area contributed by atoms with E-state index >= 15 is 0 Å². The van der Waals surface area contributed by atoms with Crippen molar-refractivity contribution in [3.8, 4) is 0 Å². The van der Waals surface area contributed by atoms with Gasteiger partial charge >= 0.3 is 0 Å². The highest BCUT2D eigenvalue weighted by molar-refractivity contribution is 5.78. The van der Waals surface area contributed by atoms with Crippen molar-refractivity contribution in [3.05, 3.63) is 35.4 Å². The Labute approximate surface area is 99.4 Å². The molecular weight excluding hydrogens is 226 g/mol. The molecule has 1 N–H and O–H groups in total. The number of nitrogens with zero attached hydrogens (tertiary/aromatic N) is 1. The van der Waals surface area contributed by atoms with Gasteiger partial charge in [-0.2, -0.15) is 0 Å². The second kappa shape index (κ2) is 5.72. The summed E-state index contributed by atoms with van der Waals surface area (Å²) in [6, 6.07) is 2.73. The molecule has 5 heteroatoms. The molecule has 1 rings (SSSR count). The number of halogens is 2. The van der Waals surface area contributed by atoms with Crippen molar-refractivity contribution in [1.29, 1.82) is 0 Å². The Morgan fingerprint density at radius 3 is 2.71 bits per heavy atom. The van der Waals surface area contributed by atoms with Gasteiger partial charge in [-0.1, -0.05) is 0 Å². The maximum atomic E-state index is 13.5. The molecule has 0 aliphatic rings. The summed E-state index contributed by atoms with van der Waals surface area (Å²) in [6.45, 7) is 1.82. The van der Waals surface area contributed by atoms with E-state index in [1.165, 1.54) is 4.90 Å². The van der Waals surface area contributed by atoms with Crippen LogP contribution in [0.25, 0.3) is 0 Å². The topological polar surface area (TPSA) is 32.3 Å². The molecule has 0 spiro atoms. The van der Waals surface area contributed by atoms with Crippen molar-refractivity contribution < 1.29 is 13.6 Å². The summed E-state index contributed by atoms with van der Waals surface area (Å²) < 4.78 is 26.5. The van der Waals surface area contributed by atoms with Crippen LogP contribution in [0, 0.1) is 11.6 Å². The molecular formula is C12H16F2N2O. The van der Waals surface area contributed by atoms with Crippen LogP contribution in [0.15, 0.2) is 18.2 Å². The van der Waals surface area contributed by atoms with Gasteiger partial charge in [-0.05, 0) is 32.2 Å². The molecule has 0 fully saturated rings. The quantitative estimate of drug-likeness (QED) is 0.871. The van der Waals surface area contributed by atoms with Crippen LogP contribution in [0.1, 0.15) is 18.5 Å². The molecule has 0 heterocycles. The van der Waals surface area contributed by atoms with Crippen LogP contribution >= 0.6 is 0 Å². The minimum Gasteiger partial charge on any atom is -0.338 e. The van der Waals surface area contributed by atoms with E-state index in [0.29, 0.717) is 0 Å². The van der Waals surface area contributed by atoms with E-state index in [-0.39, 0.29) is 18.0 Å². The number of amides is 1. The third-order valence-corrected chi connectivity index (χ3v) is 2.71. The first-order valence-corrected chi connectivity index (χ1v) is 5.32. The van der Waals surface area contributed by atoms with E-state index in [1.807, 2.05) is 0 Å². The van der Waals surface area contributed by atoms with Gasteiger partial charge in [0.05, 0.1) is 12.6 Å². The first-order valence-electron chi connectivity index (χ1n) is 5.32. The van der Waals surface area contributed by atoms with Gasteiger partial charge in [0.2, 0.25) is 5.91 Å². The zero-order valence-electron chi connectivity index (χ0n) is 10.1. The smallest absolute Gasteiger partial charge is 0.236 e. The summed E-state index contributed by atoms with van der Waals surface area (Å²) in [5.41, 5.74) is 0.178. The van der Waals surface area contributed by atoms with E-state index in [2.05, 4.69) is 5.32 Å². The second-order valence-electron chi connectivity index (χ2n) is 3.88. The van der Waals surface area contributed by atoms with Gasteiger partial charge in [0.15, 0.2) is 0 Å². The monoisotopic (exact) mass is 242 g/mol. The Morgan fingerprint density at radius 1 is 1.47 bits per heavy atom. The number of rotatable bonds is 4. The van der Waals surface area contributed by atoms with E-state index in [4.69, 9.17) is 0 Å². The average Bonchev–Trinajstić information content (AvgIpc) is 2.30. The molecule has 0 saturated carbocycles. The molecule has 17 heavy (non-hydrogen) atoms. The summed E-state index contributed by atoms with van der Waals surface area (Å²) in [7, 11) is 3.22. The molecule has 94 valence electrons. The SMILES string of the molecule is CNCC(=O)N(C)C(C)c1cc(F)ccc1F. The lowest BCUT2D eigenvalue weighted by atomic mass is 10.1. The zero-order chi connectivity index (χ0) is 13.0. The number of hydrogen-bond donors (Lipinski definition) is 1. The maximum Gasteiger partial charge on any atom is 0.236 e. The fourth-order valence-corrected chi connectivity index (χ4v) is 1.54. The summed E-state index contributed by atoms with van der Waals surface area (Å²) in [5, 5.41) is 2.72. The Hall–Kier alpha value is -1.49. The molecule has 1 amide bonds. The van der Waals surface area contributed by atoms with Crippen LogP contribution in [-0.4, -0.2) is 31.4 Å². The summed E-state index contributed by atoms with van der Waals surface area (Å²) in [6.07, 6.45) is 0. The van der Waals surface area contributed by atoms with Gasteiger partial charge in [0, 0.05) is 12.6 Å². The van der Waals surface area contributed by atoms with Gasteiger partial charge in [0.1, 0.15) is 11.6 Å². The van der Waals surface area contributed by atoms with Crippen LogP contribution in [-0.2, 0) is 4.79 Å². The summed E-state index contributed by atoms with van der Waals surface area (Å²) in [4.78, 5) is 13.0. The predicted molar refractivity (Wildman–Crippen MR) is 61.5 cm³/mol. The van der Waals surface area contributed by atoms with Gasteiger partial charge in [-0.25, -0.2) is 8.78 Å². The van der Waals surface area contributed by atoms with Crippen molar-refractivity contribution in [1.82, 2.24) is 10.2 Å². The summed E-state index contributed by atoms with van der Waals surface area (Å²) >= 11 is 0. The molecule has 1 aromatic carbocycles. The molecule has 1 unspecified atom stereocenters. The molecule has 1 atom stereocenters. The number of likely N-dealkylation sites (N-methyl/N-ethyl adjacent to an activating group) is 2. The standard InChI is InChI=1S/C12H16F2N2O/c1-8(16(3)12(17)7-15-2)10-6-9(13)4-5-11(10)14/h4-6,8,15H,7H2,1-3H3. The molecule has 0 aliphatic carbocycles. The number of carbonyl (C=O) groups is 1. The molecule has 0 bridgehead atoms. The van der Waals surface area contributed by atoms with Crippen LogP contribution < -0.4 is 5.32 Å². The van der Waals surface area contributed by atoms with Crippen molar-refractivity contribution in [2.24, 2.45) is 0 Å². The Balaban J connectivity index is 2.91. The fraction of sp³-hybridized carbons (Fsp3) is 0.417. The largest absolute Gasteiger partial charge is 0.338 e. The van der Waals surface area contributed by atoms with Crippen molar-refractivity contribution >= 4 is 5.91 Å². The zero-order valence-corrected chi connectivity index (χ0v) is 10.1. The number of hydrogen-bond acceptors (Lipinski definition) is 2. The maximum absolute atomic E-state index is 13.5.